The molecule has 0 spiro atoms. The van der Waals surface area contributed by atoms with Crippen molar-refractivity contribution in [3.05, 3.63) is 0 Å². The molecule has 0 aromatic carbocycles. The van der Waals surface area contributed by atoms with Crippen LogP contribution in [0.25, 0.3) is 0 Å². The lowest BCUT2D eigenvalue weighted by Crippen LogP contribution is -3.02. The number of hydrogen-bond acceptors (Lipinski definition) is 2. The van der Waals surface area contributed by atoms with Gasteiger partial charge in [0, 0.05) is 14.1 Å². The minimum Gasteiger partial charge on any atom is -1.00 e. The summed E-state index contributed by atoms with van der Waals surface area (Å²) in [5.74, 6) is 0. The van der Waals surface area contributed by atoms with Crippen molar-refractivity contribution in [3.8, 4) is 0 Å². The van der Waals surface area contributed by atoms with Crippen LogP contribution in [-0.4, -0.2) is 67.4 Å². The Labute approximate surface area is 104 Å². The van der Waals surface area contributed by atoms with E-state index in [-0.39, 0.29) is 17.0 Å². The third-order valence-electron chi connectivity index (χ3n) is 0.365. The third kappa shape index (κ3) is 138. The summed E-state index contributed by atoms with van der Waals surface area (Å²) in [4.78, 5) is 13.3. The van der Waals surface area contributed by atoms with Gasteiger partial charge in [0.25, 0.3) is 0 Å². The second kappa shape index (κ2) is 16.1. The predicted octanol–water partition coefficient (Wildman–Crippen LogP) is -6.58. The maximum atomic E-state index is 9.51. The summed E-state index contributed by atoms with van der Waals surface area (Å²) in [7, 11) is 15.3. The summed E-state index contributed by atoms with van der Waals surface area (Å²) in [5.41, 5.74) is 0. The molecule has 0 fully saturated rings. The van der Waals surface area contributed by atoms with Crippen LogP contribution in [-0.2, 0) is 0 Å². The molecule has 2 N–H and O–H groups in total. The van der Waals surface area contributed by atoms with Gasteiger partial charge < -0.3 is 41.6 Å². The van der Waals surface area contributed by atoms with Crippen LogP contribution in [0.3, 0.4) is 0 Å². The number of hydrogen-bond donors (Lipinski definition) is 2. The summed E-state index contributed by atoms with van der Waals surface area (Å²) in [6, 6.07) is 0. The quantitative estimate of drug-likeness (QED) is 0.466. The number of carbonyl (C=O) groups excluding carboxylic acids is 1. The van der Waals surface area contributed by atoms with Crippen LogP contribution >= 0.6 is 0 Å². The normalized spacial score (nSPS) is 7.87. The van der Waals surface area contributed by atoms with Crippen molar-refractivity contribution in [2.75, 3.05) is 56.4 Å². The number of halogens is 1. The molecular weight excluding hydrogens is 262 g/mol. The summed E-state index contributed by atoms with van der Waals surface area (Å²) < 4.78 is 0. The molecule has 0 radical (unpaired) electrons. The van der Waals surface area contributed by atoms with Gasteiger partial charge in [0.05, 0.1) is 42.3 Å². The molecule has 0 saturated heterocycles. The number of amides is 1. The van der Waals surface area contributed by atoms with Crippen LogP contribution < -0.4 is 31.9 Å². The lowest BCUT2D eigenvalue weighted by Gasteiger charge is -2.10. The molecule has 0 heterocycles. The number of carboxylic acid groups (broad SMARTS) is 1. The van der Waals surface area contributed by atoms with Gasteiger partial charge in [-0.05, 0) is 0 Å². The molecule has 6 heteroatoms. The predicted molar refractivity (Wildman–Crippen MR) is 56.6 cm³/mol. The first-order chi connectivity index (χ1) is 6.11. The Hall–Kier alpha value is -0.330. The van der Waals surface area contributed by atoms with E-state index in [1.807, 2.05) is 0 Å². The lowest BCUT2D eigenvalue weighted by atomic mass is 10.9. The Morgan fingerprint density at radius 2 is 1.00 bits per heavy atom. The number of nitrogens with one attached hydrogen (secondary N) is 2. The molecule has 15 heavy (non-hydrogen) atoms. The highest BCUT2D eigenvalue weighted by Crippen LogP contribution is 1.64. The number of carbonyl (C=O) groups is 1. The highest BCUT2D eigenvalue weighted by molar-refractivity contribution is 5.61. The van der Waals surface area contributed by atoms with Gasteiger partial charge in [-0.15, -0.1) is 0 Å². The van der Waals surface area contributed by atoms with E-state index in [0.29, 0.717) is 0 Å². The van der Waals surface area contributed by atoms with E-state index in [2.05, 4.69) is 42.3 Å². The van der Waals surface area contributed by atoms with Crippen molar-refractivity contribution in [3.63, 3.8) is 0 Å². The van der Waals surface area contributed by atoms with Gasteiger partial charge in [-0.3, -0.25) is 0 Å². The molecular formula is C9H26BrN3O2. The third-order valence-corrected chi connectivity index (χ3v) is 0.365. The van der Waals surface area contributed by atoms with Crippen LogP contribution in [0.4, 0.5) is 4.79 Å². The van der Waals surface area contributed by atoms with Gasteiger partial charge in [0.2, 0.25) is 0 Å². The van der Waals surface area contributed by atoms with Gasteiger partial charge in [0.15, 0.2) is 0 Å². The van der Waals surface area contributed by atoms with Crippen LogP contribution in [0, 0.1) is 0 Å². The SMILES string of the molecule is CN(C)C(=O)[O-].C[NH+](C)C.C[NH+](C)C.[Br-]. The summed E-state index contributed by atoms with van der Waals surface area (Å²) in [6.45, 7) is 0. The monoisotopic (exact) mass is 287 g/mol. The molecule has 1 amide bonds. The Balaban J connectivity index is -0.0000000606. The van der Waals surface area contributed by atoms with E-state index in [1.165, 1.54) is 23.9 Å². The zero-order valence-electron chi connectivity index (χ0n) is 11.1. The molecule has 0 aliphatic heterocycles. The number of nitrogens with zero attached hydrogens (tertiary/aromatic N) is 1. The smallest absolute Gasteiger partial charge is 0.136 e. The Morgan fingerprint density at radius 3 is 1.00 bits per heavy atom. The second-order valence-electron chi connectivity index (χ2n) is 4.16. The van der Waals surface area contributed by atoms with E-state index in [9.17, 15) is 9.90 Å². The number of quaternary nitrogens is 2. The van der Waals surface area contributed by atoms with Crippen molar-refractivity contribution in [1.82, 2.24) is 4.90 Å². The first kappa shape index (κ1) is 24.1. The molecule has 0 atom stereocenters. The Morgan fingerprint density at radius 1 is 0.933 bits per heavy atom. The molecule has 0 aliphatic carbocycles. The van der Waals surface area contributed by atoms with Gasteiger partial charge >= 0.3 is 0 Å². The van der Waals surface area contributed by atoms with Crippen LogP contribution in [0.1, 0.15) is 0 Å². The maximum Gasteiger partial charge on any atom is 0.136 e. The molecule has 0 aliphatic rings. The topological polar surface area (TPSA) is 52.2 Å². The molecule has 0 aromatic heterocycles. The van der Waals surface area contributed by atoms with Gasteiger partial charge in [-0.25, -0.2) is 0 Å². The highest BCUT2D eigenvalue weighted by Gasteiger charge is 1.78. The van der Waals surface area contributed by atoms with Crippen molar-refractivity contribution < 1.29 is 36.7 Å². The van der Waals surface area contributed by atoms with Crippen molar-refractivity contribution in [1.29, 1.82) is 0 Å². The molecule has 0 bridgehead atoms. The Kier molecular flexibility index (Phi) is 25.9. The van der Waals surface area contributed by atoms with E-state index < -0.39 is 6.09 Å². The molecule has 96 valence electrons. The Bertz CT molecular complexity index is 119. The van der Waals surface area contributed by atoms with Gasteiger partial charge in [-0.1, -0.05) is 0 Å². The average Bonchev–Trinajstić information content (AvgIpc) is 1.83. The maximum absolute atomic E-state index is 9.51. The fourth-order valence-electron chi connectivity index (χ4n) is 0. The van der Waals surface area contributed by atoms with Crippen molar-refractivity contribution >= 4 is 6.09 Å². The van der Waals surface area contributed by atoms with Crippen LogP contribution in [0.2, 0.25) is 0 Å². The summed E-state index contributed by atoms with van der Waals surface area (Å²) >= 11 is 0. The first-order valence-corrected chi connectivity index (χ1v) is 4.53. The lowest BCUT2D eigenvalue weighted by molar-refractivity contribution is -0.836. The minimum absolute atomic E-state index is 0. The van der Waals surface area contributed by atoms with E-state index in [1.54, 1.807) is 0 Å². The zero-order chi connectivity index (χ0) is 12.3. The molecule has 0 saturated carbocycles. The summed E-state index contributed by atoms with van der Waals surface area (Å²) in [6.07, 6.45) is -1.16. The largest absolute Gasteiger partial charge is 1.00 e. The van der Waals surface area contributed by atoms with Gasteiger partial charge in [0.1, 0.15) is 6.09 Å². The minimum atomic E-state index is -1.16. The van der Waals surface area contributed by atoms with E-state index in [4.69, 9.17) is 0 Å². The van der Waals surface area contributed by atoms with Crippen LogP contribution in [0.5, 0.6) is 0 Å². The first-order valence-electron chi connectivity index (χ1n) is 4.53. The van der Waals surface area contributed by atoms with E-state index in [0.717, 1.165) is 4.90 Å². The van der Waals surface area contributed by atoms with E-state index >= 15 is 0 Å². The standard InChI is InChI=1S/C3H7NO2.2C3H9N.BrH/c1-4(2)3(5)6;2*1-4(2)3;/h1-2H3,(H,5,6);2*1-3H3;1H. The van der Waals surface area contributed by atoms with Crippen molar-refractivity contribution in [2.45, 2.75) is 0 Å². The van der Waals surface area contributed by atoms with Gasteiger partial charge in [-0.2, -0.15) is 0 Å². The second-order valence-corrected chi connectivity index (χ2v) is 4.16. The highest BCUT2D eigenvalue weighted by atomic mass is 79.9. The summed E-state index contributed by atoms with van der Waals surface area (Å²) in [5, 5.41) is 9.51. The number of rotatable bonds is 0. The molecule has 0 aromatic rings. The molecule has 5 nitrogen and oxygen atoms in total. The molecule has 0 rings (SSSR count). The van der Waals surface area contributed by atoms with Crippen molar-refractivity contribution in [2.24, 2.45) is 0 Å². The zero-order valence-corrected chi connectivity index (χ0v) is 12.7. The average molecular weight is 288 g/mol. The van der Waals surface area contributed by atoms with Crippen LogP contribution in [0.15, 0.2) is 0 Å². The fraction of sp³-hybridized carbons (Fsp3) is 0.889. The molecule has 0 unspecified atom stereocenters. The fourth-order valence-corrected chi connectivity index (χ4v) is 0.